The first-order valence-corrected chi connectivity index (χ1v) is 3.24. The van der Waals surface area contributed by atoms with Gasteiger partial charge in [0.25, 0.3) is 0 Å². The quantitative estimate of drug-likeness (QED) is 0.444. The molecule has 0 spiro atoms. The van der Waals surface area contributed by atoms with Gasteiger partial charge in [-0.15, -0.1) is 0 Å². The van der Waals surface area contributed by atoms with Crippen LogP contribution in [-0.2, 0) is 0 Å². The number of rotatable bonds is 2. The number of nitrogens with one attached hydrogen (secondary N) is 1. The van der Waals surface area contributed by atoms with Crippen LogP contribution in [0.15, 0.2) is 0 Å². The van der Waals surface area contributed by atoms with E-state index in [1.165, 1.54) is 7.05 Å². The second-order valence-electron chi connectivity index (χ2n) is 2.60. The van der Waals surface area contributed by atoms with Crippen LogP contribution < -0.4 is 5.32 Å². The van der Waals surface area contributed by atoms with Gasteiger partial charge in [0.2, 0.25) is 0 Å². The zero-order valence-corrected chi connectivity index (χ0v) is 6.59. The maximum absolute atomic E-state index is 10.6. The first kappa shape index (κ1) is 9.23. The van der Waals surface area contributed by atoms with Crippen molar-refractivity contribution >= 4 is 6.03 Å². The minimum absolute atomic E-state index is 0.406. The molecule has 0 aliphatic rings. The van der Waals surface area contributed by atoms with Crippen LogP contribution in [0.2, 0.25) is 0 Å². The third-order valence-corrected chi connectivity index (χ3v) is 0.955. The Hall–Kier alpha value is -0.770. The van der Waals surface area contributed by atoms with E-state index in [0.29, 0.717) is 17.5 Å². The Bertz CT molecular complexity index is 112. The zero-order chi connectivity index (χ0) is 8.15. The second kappa shape index (κ2) is 4.11. The SMILES string of the molecule is CC(C)CNC(=O)N(C)O. The molecule has 4 nitrogen and oxygen atoms in total. The maximum Gasteiger partial charge on any atom is 0.340 e. The lowest BCUT2D eigenvalue weighted by Crippen LogP contribution is -2.36. The van der Waals surface area contributed by atoms with Gasteiger partial charge in [0.1, 0.15) is 0 Å². The molecule has 0 unspecified atom stereocenters. The lowest BCUT2D eigenvalue weighted by atomic mass is 10.2. The number of hydrogen-bond acceptors (Lipinski definition) is 2. The minimum Gasteiger partial charge on any atom is -0.336 e. The van der Waals surface area contributed by atoms with E-state index in [4.69, 9.17) is 5.21 Å². The summed E-state index contributed by atoms with van der Waals surface area (Å²) < 4.78 is 0. The third-order valence-electron chi connectivity index (χ3n) is 0.955. The highest BCUT2D eigenvalue weighted by molar-refractivity contribution is 5.72. The lowest BCUT2D eigenvalue weighted by Gasteiger charge is -2.11. The van der Waals surface area contributed by atoms with Crippen molar-refractivity contribution < 1.29 is 10.0 Å². The van der Waals surface area contributed by atoms with Crippen molar-refractivity contribution in [2.75, 3.05) is 13.6 Å². The van der Waals surface area contributed by atoms with E-state index in [2.05, 4.69) is 5.32 Å². The minimum atomic E-state index is -0.464. The van der Waals surface area contributed by atoms with E-state index < -0.39 is 6.03 Å². The molecule has 0 heterocycles. The third kappa shape index (κ3) is 4.14. The topological polar surface area (TPSA) is 52.6 Å². The van der Waals surface area contributed by atoms with Gasteiger partial charge in [0.15, 0.2) is 0 Å². The molecule has 0 aliphatic carbocycles. The molecule has 10 heavy (non-hydrogen) atoms. The van der Waals surface area contributed by atoms with Gasteiger partial charge in [-0.1, -0.05) is 13.8 Å². The molecular formula is C6H14N2O2. The van der Waals surface area contributed by atoms with Gasteiger partial charge in [-0.25, -0.2) is 9.86 Å². The van der Waals surface area contributed by atoms with E-state index in [1.54, 1.807) is 0 Å². The van der Waals surface area contributed by atoms with Crippen LogP contribution in [-0.4, -0.2) is 29.9 Å². The molecule has 0 fully saturated rings. The monoisotopic (exact) mass is 146 g/mol. The molecule has 0 saturated carbocycles. The van der Waals surface area contributed by atoms with Gasteiger partial charge >= 0.3 is 6.03 Å². The summed E-state index contributed by atoms with van der Waals surface area (Å²) in [4.78, 5) is 10.6. The van der Waals surface area contributed by atoms with Gasteiger partial charge in [0.05, 0.1) is 0 Å². The van der Waals surface area contributed by atoms with Gasteiger partial charge in [-0.05, 0) is 5.92 Å². The van der Waals surface area contributed by atoms with Crippen LogP contribution in [0.1, 0.15) is 13.8 Å². The van der Waals surface area contributed by atoms with E-state index in [1.807, 2.05) is 13.8 Å². The molecule has 0 bridgehead atoms. The summed E-state index contributed by atoms with van der Waals surface area (Å²) >= 11 is 0. The molecule has 0 aromatic rings. The average molecular weight is 146 g/mol. The number of carbonyl (C=O) groups excluding carboxylic acids is 1. The predicted molar refractivity (Wildman–Crippen MR) is 37.8 cm³/mol. The molecule has 0 saturated heterocycles. The van der Waals surface area contributed by atoms with Crippen LogP contribution in [0.4, 0.5) is 4.79 Å². The summed E-state index contributed by atoms with van der Waals surface area (Å²) in [5.74, 6) is 0.406. The van der Waals surface area contributed by atoms with E-state index in [-0.39, 0.29) is 0 Å². The summed E-state index contributed by atoms with van der Waals surface area (Å²) in [5.41, 5.74) is 0. The molecule has 0 aromatic heterocycles. The zero-order valence-electron chi connectivity index (χ0n) is 6.59. The van der Waals surface area contributed by atoms with Crippen LogP contribution in [0.3, 0.4) is 0 Å². The van der Waals surface area contributed by atoms with E-state index in [0.717, 1.165) is 0 Å². The second-order valence-corrected chi connectivity index (χ2v) is 2.60. The van der Waals surface area contributed by atoms with Crippen LogP contribution in [0, 0.1) is 5.92 Å². The Kier molecular flexibility index (Phi) is 3.79. The van der Waals surface area contributed by atoms with Crippen molar-refractivity contribution in [3.63, 3.8) is 0 Å². The summed E-state index contributed by atoms with van der Waals surface area (Å²) in [6.07, 6.45) is 0. The van der Waals surface area contributed by atoms with Crippen molar-refractivity contribution in [3.05, 3.63) is 0 Å². The molecule has 0 radical (unpaired) electrons. The number of amides is 2. The van der Waals surface area contributed by atoms with Crippen molar-refractivity contribution in [2.45, 2.75) is 13.8 Å². The summed E-state index contributed by atoms with van der Waals surface area (Å²) in [6.45, 7) is 4.55. The highest BCUT2D eigenvalue weighted by atomic mass is 16.5. The molecule has 2 amide bonds. The highest BCUT2D eigenvalue weighted by Crippen LogP contribution is 1.87. The van der Waals surface area contributed by atoms with Gasteiger partial charge in [0, 0.05) is 13.6 Å². The van der Waals surface area contributed by atoms with Crippen molar-refractivity contribution in [1.29, 1.82) is 0 Å². The summed E-state index contributed by atoms with van der Waals surface area (Å²) in [7, 11) is 1.29. The van der Waals surface area contributed by atoms with Gasteiger partial charge in [-0.2, -0.15) is 0 Å². The Morgan fingerprint density at radius 1 is 1.70 bits per heavy atom. The number of urea groups is 1. The van der Waals surface area contributed by atoms with Crippen molar-refractivity contribution in [3.8, 4) is 0 Å². The maximum atomic E-state index is 10.6. The fraction of sp³-hybridized carbons (Fsp3) is 0.833. The summed E-state index contributed by atoms with van der Waals surface area (Å²) in [5, 5.41) is 11.6. The molecule has 0 atom stereocenters. The number of hydrogen-bond donors (Lipinski definition) is 2. The number of nitrogens with zero attached hydrogens (tertiary/aromatic N) is 1. The first-order chi connectivity index (χ1) is 4.54. The molecule has 60 valence electrons. The molecule has 0 aliphatic heterocycles. The number of carbonyl (C=O) groups is 1. The molecule has 0 rings (SSSR count). The first-order valence-electron chi connectivity index (χ1n) is 3.24. The average Bonchev–Trinajstić information content (AvgIpc) is 1.82. The van der Waals surface area contributed by atoms with Crippen LogP contribution in [0.5, 0.6) is 0 Å². The Labute approximate surface area is 60.8 Å². The van der Waals surface area contributed by atoms with Crippen LogP contribution in [0.25, 0.3) is 0 Å². The van der Waals surface area contributed by atoms with Crippen molar-refractivity contribution in [1.82, 2.24) is 10.4 Å². The van der Waals surface area contributed by atoms with Crippen LogP contribution >= 0.6 is 0 Å². The van der Waals surface area contributed by atoms with Crippen molar-refractivity contribution in [2.24, 2.45) is 5.92 Å². The van der Waals surface area contributed by atoms with Gasteiger partial charge in [-0.3, -0.25) is 5.21 Å². The van der Waals surface area contributed by atoms with E-state index >= 15 is 0 Å². The molecule has 2 N–H and O–H groups in total. The normalized spacial score (nSPS) is 9.70. The fourth-order valence-electron chi connectivity index (χ4n) is 0.406. The lowest BCUT2D eigenvalue weighted by molar-refractivity contribution is -0.0184. The largest absolute Gasteiger partial charge is 0.340 e. The molecule has 0 aromatic carbocycles. The molecule has 4 heteroatoms. The summed E-state index contributed by atoms with van der Waals surface area (Å²) in [6, 6.07) is -0.464. The Balaban J connectivity index is 3.40. The van der Waals surface area contributed by atoms with E-state index in [9.17, 15) is 4.79 Å². The smallest absolute Gasteiger partial charge is 0.336 e. The predicted octanol–water partition coefficient (Wildman–Crippen LogP) is 0.673. The Morgan fingerprint density at radius 3 is 2.50 bits per heavy atom. The standard InChI is InChI=1S/C6H14N2O2/c1-5(2)4-7-6(9)8(3)10/h5,10H,4H2,1-3H3,(H,7,9). The number of hydroxylamine groups is 2. The highest BCUT2D eigenvalue weighted by Gasteiger charge is 2.03. The van der Waals surface area contributed by atoms with Gasteiger partial charge < -0.3 is 5.32 Å². The Morgan fingerprint density at radius 2 is 2.20 bits per heavy atom. The fourth-order valence-corrected chi connectivity index (χ4v) is 0.406. The molecular weight excluding hydrogens is 132 g/mol.